The molecule has 10 heteroatoms. The van der Waals surface area contributed by atoms with Crippen LogP contribution in [-0.4, -0.2) is 18.2 Å². The third-order valence-corrected chi connectivity index (χ3v) is 4.89. The van der Waals surface area contributed by atoms with Gasteiger partial charge in [-0.2, -0.15) is 23.0 Å². The summed E-state index contributed by atoms with van der Waals surface area (Å²) >= 11 is 0. The van der Waals surface area contributed by atoms with Crippen LogP contribution in [0.3, 0.4) is 0 Å². The highest BCUT2D eigenvalue weighted by atomic mass is 32.2. The molecule has 0 aliphatic heterocycles. The van der Waals surface area contributed by atoms with Crippen molar-refractivity contribution in [2.24, 2.45) is 5.14 Å². The lowest BCUT2D eigenvalue weighted by molar-refractivity contribution is -0.142. The Morgan fingerprint density at radius 3 is 2.03 bits per heavy atom. The number of benzene rings is 2. The van der Waals surface area contributed by atoms with E-state index in [-0.39, 0.29) is 27.3 Å². The Morgan fingerprint density at radius 1 is 1.00 bits per heavy atom. The van der Waals surface area contributed by atoms with Crippen molar-refractivity contribution in [1.82, 2.24) is 9.78 Å². The molecule has 0 unspecified atom stereocenters. The zero-order valence-electron chi connectivity index (χ0n) is 14.8. The average Bonchev–Trinajstić information content (AvgIpc) is 3.02. The van der Waals surface area contributed by atoms with Gasteiger partial charge in [-0.15, -0.1) is 0 Å². The van der Waals surface area contributed by atoms with Crippen LogP contribution >= 0.6 is 0 Å². The SMILES string of the molecule is CC#Cn1nc(-c2ccc(S(N)(=O)=O)cc2)c(-c2ccc(F)cc2)c1C(F)(F)F. The van der Waals surface area contributed by atoms with Crippen LogP contribution in [0, 0.1) is 17.8 Å². The van der Waals surface area contributed by atoms with Gasteiger partial charge in [0.2, 0.25) is 10.0 Å². The lowest BCUT2D eigenvalue weighted by atomic mass is 9.98. The normalized spacial score (nSPS) is 11.8. The topological polar surface area (TPSA) is 78.0 Å². The first-order valence-electron chi connectivity index (χ1n) is 8.04. The molecule has 0 saturated heterocycles. The summed E-state index contributed by atoms with van der Waals surface area (Å²) in [7, 11) is -3.97. The number of alkyl halides is 3. The second-order valence-corrected chi connectivity index (χ2v) is 7.48. The van der Waals surface area contributed by atoms with Crippen LogP contribution in [0.5, 0.6) is 0 Å². The number of primary sulfonamides is 1. The number of nitrogens with two attached hydrogens (primary N) is 1. The highest BCUT2D eigenvalue weighted by Gasteiger charge is 2.40. The molecule has 0 aliphatic rings. The van der Waals surface area contributed by atoms with Crippen LogP contribution in [0.15, 0.2) is 53.4 Å². The standard InChI is InChI=1S/C19H13F4N3O2S/c1-2-11-26-18(19(21,22)23)16(12-3-7-14(20)8-4-12)17(25-26)13-5-9-15(10-6-13)29(24,27)28/h3-10H,1H3,(H2,24,27,28). The molecule has 0 saturated carbocycles. The second-order valence-electron chi connectivity index (χ2n) is 5.92. The first kappa shape index (κ1) is 20.6. The fourth-order valence-electron chi connectivity index (χ4n) is 2.76. The lowest BCUT2D eigenvalue weighted by Gasteiger charge is -2.10. The van der Waals surface area contributed by atoms with E-state index in [1.165, 1.54) is 31.2 Å². The van der Waals surface area contributed by atoms with E-state index in [1.807, 2.05) is 0 Å². The first-order valence-corrected chi connectivity index (χ1v) is 9.59. The molecular formula is C19H13F4N3O2S. The summed E-state index contributed by atoms with van der Waals surface area (Å²) in [6, 6.07) is 11.7. The number of halogens is 4. The quantitative estimate of drug-likeness (QED) is 0.514. The summed E-state index contributed by atoms with van der Waals surface area (Å²) < 4.78 is 78.2. The molecule has 0 amide bonds. The molecular weight excluding hydrogens is 410 g/mol. The van der Waals surface area contributed by atoms with Crippen LogP contribution in [0.4, 0.5) is 17.6 Å². The zero-order valence-corrected chi connectivity index (χ0v) is 15.6. The zero-order chi connectivity index (χ0) is 21.4. The van der Waals surface area contributed by atoms with E-state index < -0.39 is 27.7 Å². The maximum absolute atomic E-state index is 13.8. The maximum atomic E-state index is 13.8. The molecule has 0 spiro atoms. The summed E-state index contributed by atoms with van der Waals surface area (Å²) in [5.41, 5.74) is -1.23. The van der Waals surface area contributed by atoms with Gasteiger partial charge in [0, 0.05) is 17.2 Å². The predicted molar refractivity (Wildman–Crippen MR) is 98.3 cm³/mol. The molecule has 29 heavy (non-hydrogen) atoms. The van der Waals surface area contributed by atoms with Crippen molar-refractivity contribution in [2.75, 3.05) is 0 Å². The second kappa shape index (κ2) is 7.35. The van der Waals surface area contributed by atoms with E-state index in [2.05, 4.69) is 17.1 Å². The number of hydrogen-bond donors (Lipinski definition) is 1. The minimum atomic E-state index is -4.81. The van der Waals surface area contributed by atoms with E-state index in [0.717, 1.165) is 24.3 Å². The monoisotopic (exact) mass is 423 g/mol. The van der Waals surface area contributed by atoms with E-state index >= 15 is 0 Å². The molecule has 0 radical (unpaired) electrons. The number of aromatic nitrogens is 2. The van der Waals surface area contributed by atoms with Crippen molar-refractivity contribution < 1.29 is 26.0 Å². The highest BCUT2D eigenvalue weighted by Crippen LogP contribution is 2.42. The fraction of sp³-hybridized carbons (Fsp3) is 0.105. The lowest BCUT2D eigenvalue weighted by Crippen LogP contribution is -2.13. The molecule has 3 rings (SSSR count). The van der Waals surface area contributed by atoms with Gasteiger partial charge in [0.25, 0.3) is 0 Å². The van der Waals surface area contributed by atoms with Gasteiger partial charge in [0.1, 0.15) is 11.5 Å². The maximum Gasteiger partial charge on any atom is 0.434 e. The van der Waals surface area contributed by atoms with Crippen molar-refractivity contribution in [3.05, 3.63) is 60.0 Å². The van der Waals surface area contributed by atoms with Crippen LogP contribution in [0.1, 0.15) is 12.6 Å². The summed E-state index contributed by atoms with van der Waals surface area (Å²) in [5.74, 6) is 1.76. The van der Waals surface area contributed by atoms with Crippen molar-refractivity contribution in [2.45, 2.75) is 18.0 Å². The van der Waals surface area contributed by atoms with Gasteiger partial charge in [-0.3, -0.25) is 0 Å². The van der Waals surface area contributed by atoms with E-state index in [4.69, 9.17) is 5.14 Å². The van der Waals surface area contributed by atoms with E-state index in [1.54, 1.807) is 0 Å². The molecule has 2 N–H and O–H groups in total. The number of nitrogens with zero attached hydrogens (tertiary/aromatic N) is 2. The minimum absolute atomic E-state index is 0.0772. The van der Waals surface area contributed by atoms with Crippen LogP contribution in [-0.2, 0) is 16.2 Å². The molecule has 1 heterocycles. The fourth-order valence-corrected chi connectivity index (χ4v) is 3.28. The Kier molecular flexibility index (Phi) is 5.21. The van der Waals surface area contributed by atoms with Crippen molar-refractivity contribution in [3.63, 3.8) is 0 Å². The van der Waals surface area contributed by atoms with Gasteiger partial charge in [0.15, 0.2) is 5.69 Å². The minimum Gasteiger partial charge on any atom is -0.225 e. The molecule has 3 aromatic rings. The van der Waals surface area contributed by atoms with Gasteiger partial charge in [-0.25, -0.2) is 17.9 Å². The molecule has 1 aromatic heterocycles. The van der Waals surface area contributed by atoms with Crippen LogP contribution < -0.4 is 5.14 Å². The summed E-state index contributed by atoms with van der Waals surface area (Å²) in [4.78, 5) is -0.201. The number of sulfonamides is 1. The van der Waals surface area contributed by atoms with Crippen LogP contribution in [0.2, 0.25) is 0 Å². The molecule has 0 atom stereocenters. The number of hydrogen-bond acceptors (Lipinski definition) is 3. The Bertz CT molecular complexity index is 1220. The average molecular weight is 423 g/mol. The first-order chi connectivity index (χ1) is 13.5. The summed E-state index contributed by atoms with van der Waals surface area (Å²) in [6.45, 7) is 1.36. The number of rotatable bonds is 3. The molecule has 0 bridgehead atoms. The van der Waals surface area contributed by atoms with Gasteiger partial charge >= 0.3 is 6.18 Å². The van der Waals surface area contributed by atoms with Gasteiger partial charge in [-0.05, 0) is 36.8 Å². The van der Waals surface area contributed by atoms with Crippen molar-refractivity contribution in [3.8, 4) is 34.3 Å². The van der Waals surface area contributed by atoms with Gasteiger partial charge in [0.05, 0.1) is 4.90 Å². The summed E-state index contributed by atoms with van der Waals surface area (Å²) in [5, 5.41) is 9.03. The molecule has 0 aliphatic carbocycles. The highest BCUT2D eigenvalue weighted by molar-refractivity contribution is 7.89. The Labute approximate surface area is 163 Å². The Morgan fingerprint density at radius 2 is 1.55 bits per heavy atom. The molecule has 0 fully saturated rings. The third kappa shape index (κ3) is 4.16. The van der Waals surface area contributed by atoms with Gasteiger partial charge < -0.3 is 0 Å². The van der Waals surface area contributed by atoms with E-state index in [0.29, 0.717) is 4.68 Å². The smallest absolute Gasteiger partial charge is 0.225 e. The molecule has 2 aromatic carbocycles. The predicted octanol–water partition coefficient (Wildman–Crippen LogP) is 3.85. The Balaban J connectivity index is 2.34. The Hall–Kier alpha value is -3.16. The molecule has 150 valence electrons. The summed E-state index contributed by atoms with van der Waals surface area (Å²) in [6.07, 6.45) is -4.81. The van der Waals surface area contributed by atoms with Gasteiger partial charge in [-0.1, -0.05) is 30.2 Å². The van der Waals surface area contributed by atoms with Crippen LogP contribution in [0.25, 0.3) is 22.4 Å². The molecule has 5 nitrogen and oxygen atoms in total. The third-order valence-electron chi connectivity index (χ3n) is 3.96. The largest absolute Gasteiger partial charge is 0.434 e. The van der Waals surface area contributed by atoms with E-state index in [9.17, 15) is 26.0 Å². The van der Waals surface area contributed by atoms with Crippen molar-refractivity contribution in [1.29, 1.82) is 0 Å². The van der Waals surface area contributed by atoms with Crippen molar-refractivity contribution >= 4 is 10.0 Å².